The van der Waals surface area contributed by atoms with Gasteiger partial charge >= 0.3 is 0 Å². The maximum atomic E-state index is 5.46. The molecule has 0 aromatic heterocycles. The van der Waals surface area contributed by atoms with Gasteiger partial charge in [-0.1, -0.05) is 0 Å². The van der Waals surface area contributed by atoms with Gasteiger partial charge in [0.15, 0.2) is 0 Å². The molecule has 2 atom stereocenters. The molecule has 2 saturated heterocycles. The maximum Gasteiger partial charge on any atom is 0.0718 e. The van der Waals surface area contributed by atoms with Gasteiger partial charge < -0.3 is 10.5 Å². The smallest absolute Gasteiger partial charge is 0.0718 e. The van der Waals surface area contributed by atoms with Gasteiger partial charge in [0.25, 0.3) is 0 Å². The van der Waals surface area contributed by atoms with Crippen molar-refractivity contribution < 1.29 is 4.74 Å². The number of nitrogens with zero attached hydrogens (tertiary/aromatic N) is 1. The summed E-state index contributed by atoms with van der Waals surface area (Å²) in [4.78, 5) is 2.44. The molecule has 2 aliphatic rings. The normalized spacial score (nSPS) is 39.3. The molecule has 0 unspecified atom stereocenters. The lowest BCUT2D eigenvalue weighted by molar-refractivity contribution is 0.0320. The molecule has 2 heterocycles. The van der Waals surface area contributed by atoms with E-state index in [1.165, 1.54) is 6.42 Å². The van der Waals surface area contributed by atoms with Crippen molar-refractivity contribution in [2.24, 2.45) is 5.73 Å². The molecule has 2 bridgehead atoms. The molecule has 0 radical (unpaired) electrons. The number of ether oxygens (including phenoxy) is 1. The van der Waals surface area contributed by atoms with Crippen LogP contribution in [0.4, 0.5) is 0 Å². The fraction of sp³-hybridized carbons (Fsp3) is 1.00. The monoisotopic (exact) mass is 142 g/mol. The molecule has 2 aliphatic heterocycles. The van der Waals surface area contributed by atoms with Gasteiger partial charge in [-0.05, 0) is 6.42 Å². The van der Waals surface area contributed by atoms with Gasteiger partial charge in [-0.2, -0.15) is 0 Å². The SMILES string of the molecule is NCCN1C[C@@H]2C[C@H]1CO2. The van der Waals surface area contributed by atoms with Crippen molar-refractivity contribution in [3.05, 3.63) is 0 Å². The fourth-order valence-electron chi connectivity index (χ4n) is 1.92. The molecular weight excluding hydrogens is 128 g/mol. The van der Waals surface area contributed by atoms with Crippen molar-refractivity contribution in [1.29, 1.82) is 0 Å². The quantitative estimate of drug-likeness (QED) is 0.560. The summed E-state index contributed by atoms with van der Waals surface area (Å²) in [6.45, 7) is 3.88. The third kappa shape index (κ3) is 0.944. The average molecular weight is 142 g/mol. The average Bonchev–Trinajstić information content (AvgIpc) is 2.48. The number of morpholine rings is 1. The van der Waals surface area contributed by atoms with E-state index in [9.17, 15) is 0 Å². The molecule has 2 N–H and O–H groups in total. The Kier molecular flexibility index (Phi) is 1.64. The van der Waals surface area contributed by atoms with E-state index in [2.05, 4.69) is 4.90 Å². The third-order valence-electron chi connectivity index (χ3n) is 2.43. The van der Waals surface area contributed by atoms with Gasteiger partial charge in [0.05, 0.1) is 12.7 Å². The van der Waals surface area contributed by atoms with Crippen LogP contribution in [0.3, 0.4) is 0 Å². The molecule has 0 aromatic rings. The van der Waals surface area contributed by atoms with E-state index in [1.54, 1.807) is 0 Å². The zero-order chi connectivity index (χ0) is 6.97. The Morgan fingerprint density at radius 3 is 3.00 bits per heavy atom. The Morgan fingerprint density at radius 2 is 2.50 bits per heavy atom. The molecule has 2 fully saturated rings. The van der Waals surface area contributed by atoms with Crippen LogP contribution in [0.5, 0.6) is 0 Å². The standard InChI is InChI=1S/C7H14N2O/c8-1-2-9-4-7-3-6(9)5-10-7/h6-7H,1-5,8H2/t6-,7-/m0/s1. The molecule has 0 amide bonds. The van der Waals surface area contributed by atoms with E-state index in [4.69, 9.17) is 10.5 Å². The topological polar surface area (TPSA) is 38.5 Å². The van der Waals surface area contributed by atoms with E-state index in [-0.39, 0.29) is 0 Å². The highest BCUT2D eigenvalue weighted by Crippen LogP contribution is 2.26. The Labute approximate surface area is 61.1 Å². The zero-order valence-corrected chi connectivity index (χ0v) is 6.12. The van der Waals surface area contributed by atoms with Gasteiger partial charge in [-0.3, -0.25) is 4.90 Å². The largest absolute Gasteiger partial charge is 0.375 e. The molecule has 0 spiro atoms. The van der Waals surface area contributed by atoms with E-state index in [1.807, 2.05) is 0 Å². The number of nitrogens with two attached hydrogens (primary N) is 1. The number of fused-ring (bicyclic) bond motifs is 2. The predicted molar refractivity (Wildman–Crippen MR) is 38.8 cm³/mol. The third-order valence-corrected chi connectivity index (χ3v) is 2.43. The van der Waals surface area contributed by atoms with Crippen molar-refractivity contribution in [3.8, 4) is 0 Å². The van der Waals surface area contributed by atoms with Crippen LogP contribution in [0, 0.1) is 0 Å². The van der Waals surface area contributed by atoms with Crippen LogP contribution in [0.2, 0.25) is 0 Å². The molecule has 58 valence electrons. The molecule has 3 nitrogen and oxygen atoms in total. The first-order chi connectivity index (χ1) is 4.90. The first kappa shape index (κ1) is 6.58. The highest BCUT2D eigenvalue weighted by Gasteiger charge is 2.37. The molecular formula is C7H14N2O. The van der Waals surface area contributed by atoms with E-state index < -0.39 is 0 Å². The Balaban J connectivity index is 1.90. The van der Waals surface area contributed by atoms with Crippen LogP contribution < -0.4 is 5.73 Å². The predicted octanol–water partition coefficient (Wildman–Crippen LogP) is -0.582. The van der Waals surface area contributed by atoms with Crippen LogP contribution >= 0.6 is 0 Å². The Hall–Kier alpha value is -0.120. The molecule has 2 rings (SSSR count). The second-order valence-corrected chi connectivity index (χ2v) is 3.13. The summed E-state index contributed by atoms with van der Waals surface area (Å²) in [6, 6.07) is 0.688. The van der Waals surface area contributed by atoms with Crippen molar-refractivity contribution in [1.82, 2.24) is 4.90 Å². The van der Waals surface area contributed by atoms with Crippen molar-refractivity contribution in [3.63, 3.8) is 0 Å². The number of hydrogen-bond donors (Lipinski definition) is 1. The summed E-state index contributed by atoms with van der Waals surface area (Å²) in [5.41, 5.74) is 5.46. The lowest BCUT2D eigenvalue weighted by Gasteiger charge is -2.25. The minimum absolute atomic E-state index is 0.525. The second kappa shape index (κ2) is 2.49. The van der Waals surface area contributed by atoms with Gasteiger partial charge in [0.1, 0.15) is 0 Å². The van der Waals surface area contributed by atoms with Crippen molar-refractivity contribution in [2.75, 3.05) is 26.2 Å². The van der Waals surface area contributed by atoms with Gasteiger partial charge in [0.2, 0.25) is 0 Å². The Bertz CT molecular complexity index is 129. The fourth-order valence-corrected chi connectivity index (χ4v) is 1.92. The first-order valence-corrected chi connectivity index (χ1v) is 3.96. The molecule has 10 heavy (non-hydrogen) atoms. The van der Waals surface area contributed by atoms with Crippen molar-refractivity contribution >= 4 is 0 Å². The minimum Gasteiger partial charge on any atom is -0.375 e. The second-order valence-electron chi connectivity index (χ2n) is 3.13. The lowest BCUT2D eigenvalue weighted by Crippen LogP contribution is -2.39. The van der Waals surface area contributed by atoms with Crippen LogP contribution in [-0.4, -0.2) is 43.3 Å². The van der Waals surface area contributed by atoms with Gasteiger partial charge in [0, 0.05) is 25.7 Å². The van der Waals surface area contributed by atoms with Crippen LogP contribution in [0.25, 0.3) is 0 Å². The zero-order valence-electron chi connectivity index (χ0n) is 6.12. The summed E-state index contributed by atoms with van der Waals surface area (Å²) >= 11 is 0. The maximum absolute atomic E-state index is 5.46. The molecule has 0 aliphatic carbocycles. The highest BCUT2D eigenvalue weighted by molar-refractivity contribution is 4.91. The molecule has 3 heteroatoms. The van der Waals surface area contributed by atoms with E-state index in [0.29, 0.717) is 12.1 Å². The number of rotatable bonds is 2. The van der Waals surface area contributed by atoms with Crippen LogP contribution in [-0.2, 0) is 4.74 Å². The summed E-state index contributed by atoms with van der Waals surface area (Å²) < 4.78 is 5.45. The summed E-state index contributed by atoms with van der Waals surface area (Å²) in [7, 11) is 0. The van der Waals surface area contributed by atoms with Crippen LogP contribution in [0.15, 0.2) is 0 Å². The van der Waals surface area contributed by atoms with Gasteiger partial charge in [-0.25, -0.2) is 0 Å². The number of likely N-dealkylation sites (tertiary alicyclic amines) is 1. The Morgan fingerprint density at radius 1 is 1.60 bits per heavy atom. The van der Waals surface area contributed by atoms with Crippen molar-refractivity contribution in [2.45, 2.75) is 18.6 Å². The van der Waals surface area contributed by atoms with E-state index in [0.717, 1.165) is 26.2 Å². The summed E-state index contributed by atoms with van der Waals surface area (Å²) in [6.07, 6.45) is 1.76. The van der Waals surface area contributed by atoms with Gasteiger partial charge in [-0.15, -0.1) is 0 Å². The first-order valence-electron chi connectivity index (χ1n) is 3.96. The van der Waals surface area contributed by atoms with Crippen LogP contribution in [0.1, 0.15) is 6.42 Å². The number of hydrogen-bond acceptors (Lipinski definition) is 3. The summed E-state index contributed by atoms with van der Waals surface area (Å²) in [5.74, 6) is 0. The van der Waals surface area contributed by atoms with E-state index >= 15 is 0 Å². The lowest BCUT2D eigenvalue weighted by atomic mass is 10.2. The summed E-state index contributed by atoms with van der Waals surface area (Å²) in [5, 5.41) is 0. The molecule has 0 saturated carbocycles. The highest BCUT2D eigenvalue weighted by atomic mass is 16.5. The molecule has 0 aromatic carbocycles. The minimum atomic E-state index is 0.525.